The average molecular weight is 508 g/mol. The Morgan fingerprint density at radius 3 is 2.60 bits per heavy atom. The molecule has 0 amide bonds. The van der Waals surface area contributed by atoms with E-state index in [2.05, 4.69) is 16.5 Å². The van der Waals surface area contributed by atoms with E-state index in [1.807, 2.05) is 6.07 Å². The van der Waals surface area contributed by atoms with Gasteiger partial charge in [0.2, 0.25) is 0 Å². The summed E-state index contributed by atoms with van der Waals surface area (Å²) in [7, 11) is 0. The number of nitrogens with zero attached hydrogens (tertiary/aromatic N) is 5. The van der Waals surface area contributed by atoms with E-state index in [0.717, 1.165) is 23.1 Å². The maximum absolute atomic E-state index is 13.1. The second-order valence-corrected chi connectivity index (χ2v) is 10.3. The molecule has 0 saturated heterocycles. The molecule has 9 nitrogen and oxygen atoms in total. The number of nitro benzene ring substituents is 1. The van der Waals surface area contributed by atoms with Crippen LogP contribution in [0.1, 0.15) is 26.3 Å². The van der Waals surface area contributed by atoms with Crippen LogP contribution in [0.5, 0.6) is 0 Å². The van der Waals surface area contributed by atoms with Crippen molar-refractivity contribution in [2.75, 3.05) is 0 Å². The summed E-state index contributed by atoms with van der Waals surface area (Å²) < 4.78 is 1.78. The number of ketones is 1. The molecular formula is C24H21N5O4S2. The van der Waals surface area contributed by atoms with Gasteiger partial charge in [0.15, 0.2) is 10.9 Å². The highest BCUT2D eigenvalue weighted by Crippen LogP contribution is 2.33. The molecule has 11 heteroatoms. The van der Waals surface area contributed by atoms with Gasteiger partial charge in [-0.2, -0.15) is 5.26 Å². The van der Waals surface area contributed by atoms with Gasteiger partial charge in [-0.25, -0.2) is 9.97 Å². The third-order valence-corrected chi connectivity index (χ3v) is 6.76. The molecule has 0 aliphatic heterocycles. The minimum absolute atomic E-state index is 0.105. The second kappa shape index (κ2) is 10.6. The highest BCUT2D eigenvalue weighted by atomic mass is 32.2. The van der Waals surface area contributed by atoms with Crippen LogP contribution in [0.2, 0.25) is 0 Å². The lowest BCUT2D eigenvalue weighted by molar-refractivity contribution is -0.387. The Morgan fingerprint density at radius 2 is 2.03 bits per heavy atom. The van der Waals surface area contributed by atoms with E-state index in [1.165, 1.54) is 22.8 Å². The number of carbonyl (C=O) groups is 1. The fraction of sp³-hybridized carbons (Fsp3) is 0.208. The van der Waals surface area contributed by atoms with E-state index in [1.54, 1.807) is 51.4 Å². The van der Waals surface area contributed by atoms with Crippen LogP contribution >= 0.6 is 23.1 Å². The number of nitro groups is 1. The van der Waals surface area contributed by atoms with Gasteiger partial charge in [-0.3, -0.25) is 24.3 Å². The van der Waals surface area contributed by atoms with E-state index < -0.39 is 15.9 Å². The molecular weight excluding hydrogens is 486 g/mol. The van der Waals surface area contributed by atoms with Crippen molar-refractivity contribution >= 4 is 46.2 Å². The van der Waals surface area contributed by atoms with Crippen molar-refractivity contribution in [2.24, 2.45) is 5.41 Å². The van der Waals surface area contributed by atoms with Crippen molar-refractivity contribution in [2.45, 2.75) is 37.4 Å². The fourth-order valence-corrected chi connectivity index (χ4v) is 4.92. The largest absolute Gasteiger partial charge is 0.294 e. The second-order valence-electron chi connectivity index (χ2n) is 8.30. The molecule has 0 saturated carbocycles. The molecule has 2 heterocycles. The van der Waals surface area contributed by atoms with Crippen molar-refractivity contribution in [3.8, 4) is 6.07 Å². The van der Waals surface area contributed by atoms with Gasteiger partial charge < -0.3 is 0 Å². The number of hydrogen-bond acceptors (Lipinski definition) is 9. The van der Waals surface area contributed by atoms with Gasteiger partial charge in [-0.1, -0.05) is 32.9 Å². The summed E-state index contributed by atoms with van der Waals surface area (Å²) in [4.78, 5) is 45.7. The number of benzene rings is 1. The van der Waals surface area contributed by atoms with Crippen LogP contribution in [0, 0.1) is 26.9 Å². The zero-order valence-electron chi connectivity index (χ0n) is 19.2. The molecule has 2 aromatic heterocycles. The number of allylic oxidation sites excluding steroid dienone is 1. The number of hydrogen-bond donors (Lipinski definition) is 0. The Labute approximate surface area is 208 Å². The van der Waals surface area contributed by atoms with E-state index >= 15 is 0 Å². The molecule has 0 radical (unpaired) electrons. The van der Waals surface area contributed by atoms with Crippen LogP contribution in [-0.2, 0) is 11.3 Å². The summed E-state index contributed by atoms with van der Waals surface area (Å²) in [5.74, 6) is -0.384. The van der Waals surface area contributed by atoms with Crippen molar-refractivity contribution in [3.63, 3.8) is 0 Å². The number of aromatic nitrogens is 3. The molecule has 0 spiro atoms. The molecule has 0 bridgehead atoms. The van der Waals surface area contributed by atoms with Crippen molar-refractivity contribution in [1.29, 1.82) is 5.26 Å². The van der Waals surface area contributed by atoms with Crippen LogP contribution in [0.4, 0.5) is 5.69 Å². The van der Waals surface area contributed by atoms with Gasteiger partial charge in [-0.05, 0) is 35.5 Å². The molecule has 0 aliphatic rings. The van der Waals surface area contributed by atoms with Crippen LogP contribution in [0.15, 0.2) is 64.2 Å². The van der Waals surface area contributed by atoms with Crippen LogP contribution in [-0.4, -0.2) is 25.2 Å². The van der Waals surface area contributed by atoms with Crippen molar-refractivity contribution in [3.05, 3.63) is 84.5 Å². The Hall–Kier alpha value is -3.88. The van der Waals surface area contributed by atoms with Gasteiger partial charge in [-0.15, -0.1) is 17.9 Å². The van der Waals surface area contributed by atoms with E-state index in [9.17, 15) is 25.0 Å². The van der Waals surface area contributed by atoms with Crippen LogP contribution in [0.25, 0.3) is 11.6 Å². The Balaban J connectivity index is 2.20. The van der Waals surface area contributed by atoms with Gasteiger partial charge >= 0.3 is 0 Å². The first-order valence-electron chi connectivity index (χ1n) is 10.3. The Bertz CT molecular complexity index is 1530. The summed E-state index contributed by atoms with van der Waals surface area (Å²) in [5, 5.41) is 21.8. The lowest BCUT2D eigenvalue weighted by atomic mass is 9.87. The van der Waals surface area contributed by atoms with E-state index in [4.69, 9.17) is 0 Å². The molecule has 35 heavy (non-hydrogen) atoms. The maximum Gasteiger partial charge on any atom is 0.283 e. The number of rotatable bonds is 7. The summed E-state index contributed by atoms with van der Waals surface area (Å²) in [6.45, 7) is 8.85. The smallest absolute Gasteiger partial charge is 0.283 e. The zero-order valence-corrected chi connectivity index (χ0v) is 20.9. The summed E-state index contributed by atoms with van der Waals surface area (Å²) >= 11 is 2.05. The number of carbonyl (C=O) groups excluding carboxylic acids is 1. The molecule has 3 rings (SSSR count). The first-order valence-corrected chi connectivity index (χ1v) is 11.9. The molecule has 1 aromatic carbocycles. The molecule has 178 valence electrons. The van der Waals surface area contributed by atoms with Crippen LogP contribution < -0.4 is 14.8 Å². The summed E-state index contributed by atoms with van der Waals surface area (Å²) in [5.41, 5.74) is -1.08. The molecule has 0 atom stereocenters. The highest BCUT2D eigenvalue weighted by Gasteiger charge is 2.27. The summed E-state index contributed by atoms with van der Waals surface area (Å²) in [6, 6.07) is 8.16. The molecule has 0 unspecified atom stereocenters. The third kappa shape index (κ3) is 5.79. The first kappa shape index (κ1) is 25.7. The van der Waals surface area contributed by atoms with Crippen molar-refractivity contribution in [1.82, 2.24) is 14.5 Å². The predicted octanol–water partition coefficient (Wildman–Crippen LogP) is 3.06. The van der Waals surface area contributed by atoms with E-state index in [0.29, 0.717) is 15.6 Å². The number of nitriles is 1. The topological polar surface area (TPSA) is 132 Å². The quantitative estimate of drug-likeness (QED) is 0.206. The van der Waals surface area contributed by atoms with Gasteiger partial charge in [0.25, 0.3) is 11.2 Å². The predicted molar refractivity (Wildman–Crippen MR) is 134 cm³/mol. The monoisotopic (exact) mass is 507 g/mol. The van der Waals surface area contributed by atoms with Gasteiger partial charge in [0, 0.05) is 30.4 Å². The molecule has 0 N–H and O–H groups in total. The fourth-order valence-electron chi connectivity index (χ4n) is 3.01. The SMILES string of the molecule is C=CCn1c(=O)/c(=C/c2ccc(Sc3ncccn3)c([N+](=O)[O-])c2)s/c1=C(\C#N)C(=O)C(C)(C)C. The standard InChI is InChI=1S/C24H21N5O4S2/c1-5-11-28-21(31)19(34-22(28)16(14-25)20(30)24(2,3)4)13-15-7-8-18(17(12-15)29(32)33)35-23-26-9-6-10-27-23/h5-10,12-13H,1,11H2,2-4H3/b19-13-,22-16+. The van der Waals surface area contributed by atoms with Gasteiger partial charge in [0.1, 0.15) is 16.3 Å². The number of Topliss-reactive ketones (excluding diaryl/α,β-unsaturated/α-hetero) is 1. The Kier molecular flexibility index (Phi) is 7.78. The Morgan fingerprint density at radius 1 is 1.34 bits per heavy atom. The van der Waals surface area contributed by atoms with E-state index in [-0.39, 0.29) is 32.8 Å². The normalized spacial score (nSPS) is 12.7. The minimum Gasteiger partial charge on any atom is -0.294 e. The number of thiazole rings is 1. The third-order valence-electron chi connectivity index (χ3n) is 4.67. The average Bonchev–Trinajstić information content (AvgIpc) is 3.10. The molecule has 0 fully saturated rings. The molecule has 3 aromatic rings. The minimum atomic E-state index is -0.815. The lowest BCUT2D eigenvalue weighted by Gasteiger charge is -2.15. The first-order chi connectivity index (χ1) is 16.6. The van der Waals surface area contributed by atoms with Gasteiger partial charge in [0.05, 0.1) is 14.4 Å². The highest BCUT2D eigenvalue weighted by molar-refractivity contribution is 7.99. The zero-order chi connectivity index (χ0) is 25.8. The van der Waals surface area contributed by atoms with Crippen LogP contribution in [0.3, 0.4) is 0 Å². The van der Waals surface area contributed by atoms with Crippen molar-refractivity contribution < 1.29 is 9.72 Å². The molecule has 0 aliphatic carbocycles. The summed E-state index contributed by atoms with van der Waals surface area (Å²) in [6.07, 6.45) is 6.10. The maximum atomic E-state index is 13.1. The lowest BCUT2D eigenvalue weighted by Crippen LogP contribution is -2.34.